The van der Waals surface area contributed by atoms with E-state index in [4.69, 9.17) is 9.47 Å². The van der Waals surface area contributed by atoms with Crippen molar-refractivity contribution in [3.8, 4) is 16.7 Å². The molecule has 119 valence electrons. The second-order valence-corrected chi connectivity index (χ2v) is 5.86. The molecule has 0 fully saturated rings. The van der Waals surface area contributed by atoms with Gasteiger partial charge in [-0.3, -0.25) is 0 Å². The molecule has 0 aliphatic carbocycles. The summed E-state index contributed by atoms with van der Waals surface area (Å²) in [6, 6.07) is 15.4. The number of fused-ring (bicyclic) bond motifs is 1. The molecule has 0 saturated carbocycles. The van der Waals surface area contributed by atoms with Crippen molar-refractivity contribution in [2.75, 3.05) is 6.61 Å². The van der Waals surface area contributed by atoms with Crippen molar-refractivity contribution in [3.05, 3.63) is 54.9 Å². The van der Waals surface area contributed by atoms with Crippen molar-refractivity contribution in [2.45, 2.75) is 6.54 Å². The van der Waals surface area contributed by atoms with Crippen LogP contribution in [0.2, 0.25) is 0 Å². The van der Waals surface area contributed by atoms with E-state index in [1.54, 1.807) is 0 Å². The fourth-order valence-electron chi connectivity index (χ4n) is 2.10. The lowest BCUT2D eigenvalue weighted by Gasteiger charge is -2.06. The zero-order valence-corrected chi connectivity index (χ0v) is 13.3. The van der Waals surface area contributed by atoms with Gasteiger partial charge in [-0.15, -0.1) is 5.10 Å². The highest BCUT2D eigenvalue weighted by Gasteiger charge is 2.05. The lowest BCUT2D eigenvalue weighted by Crippen LogP contribution is -2.08. The Labute approximate surface area is 141 Å². The Bertz CT molecular complexity index is 888. The van der Waals surface area contributed by atoms with Gasteiger partial charge in [0.25, 0.3) is 5.19 Å². The summed E-state index contributed by atoms with van der Waals surface area (Å²) in [6.45, 7) is 0.997. The van der Waals surface area contributed by atoms with Crippen LogP contribution in [0.15, 0.2) is 48.5 Å². The molecule has 0 N–H and O–H groups in total. The molecule has 0 atom stereocenters. The maximum absolute atomic E-state index is 5.80. The van der Waals surface area contributed by atoms with Gasteiger partial charge in [0.1, 0.15) is 18.1 Å². The Morgan fingerprint density at radius 3 is 2.67 bits per heavy atom. The van der Waals surface area contributed by atoms with Crippen LogP contribution in [0.4, 0.5) is 0 Å². The molecule has 0 amide bonds. The van der Waals surface area contributed by atoms with Gasteiger partial charge < -0.3 is 9.47 Å². The SMILES string of the molecule is [c]1nnnn1CCOc1ccc(Oc2nc3ccccc3s2)cc1. The van der Waals surface area contributed by atoms with Crippen LogP contribution in [0, 0.1) is 6.33 Å². The van der Waals surface area contributed by atoms with Gasteiger partial charge in [0, 0.05) is 0 Å². The van der Waals surface area contributed by atoms with Crippen molar-refractivity contribution >= 4 is 21.6 Å². The largest absolute Gasteiger partial charge is 0.492 e. The van der Waals surface area contributed by atoms with Crippen molar-refractivity contribution in [2.24, 2.45) is 0 Å². The average molecular weight is 338 g/mol. The molecule has 2 heterocycles. The normalized spacial score (nSPS) is 10.8. The van der Waals surface area contributed by atoms with Crippen LogP contribution in [0.1, 0.15) is 0 Å². The Kier molecular flexibility index (Phi) is 4.03. The van der Waals surface area contributed by atoms with E-state index in [1.165, 1.54) is 16.0 Å². The molecule has 8 heteroatoms. The molecule has 7 nitrogen and oxygen atoms in total. The minimum Gasteiger partial charge on any atom is -0.492 e. The molecule has 2 aromatic heterocycles. The lowest BCUT2D eigenvalue weighted by molar-refractivity contribution is 0.289. The highest BCUT2D eigenvalue weighted by molar-refractivity contribution is 7.20. The second kappa shape index (κ2) is 6.63. The molecule has 4 rings (SSSR count). The summed E-state index contributed by atoms with van der Waals surface area (Å²) in [6.07, 6.45) is 2.61. The fourth-order valence-corrected chi connectivity index (χ4v) is 2.94. The minimum absolute atomic E-state index is 0.458. The maximum Gasteiger partial charge on any atom is 0.279 e. The van der Waals surface area contributed by atoms with Gasteiger partial charge in [-0.25, -0.2) is 9.67 Å². The first-order chi connectivity index (χ1) is 11.9. The average Bonchev–Trinajstić information content (AvgIpc) is 3.25. The highest BCUT2D eigenvalue weighted by Crippen LogP contribution is 2.31. The number of rotatable bonds is 6. The molecule has 0 aliphatic rings. The third kappa shape index (κ3) is 3.33. The van der Waals surface area contributed by atoms with Gasteiger partial charge >= 0.3 is 0 Å². The van der Waals surface area contributed by atoms with E-state index in [2.05, 4.69) is 26.8 Å². The molecule has 0 spiro atoms. The molecule has 0 saturated heterocycles. The molecule has 0 bridgehead atoms. The number of ether oxygens (including phenoxy) is 2. The first-order valence-corrected chi connectivity index (χ1v) is 8.09. The van der Waals surface area contributed by atoms with Crippen LogP contribution < -0.4 is 9.47 Å². The summed E-state index contributed by atoms with van der Waals surface area (Å²) in [4.78, 5) is 4.45. The maximum atomic E-state index is 5.80. The number of tetrazole rings is 1. The third-order valence-electron chi connectivity index (χ3n) is 3.23. The van der Waals surface area contributed by atoms with Gasteiger partial charge in [0.05, 0.1) is 16.8 Å². The number of para-hydroxylation sites is 1. The van der Waals surface area contributed by atoms with Gasteiger partial charge in [-0.05, 0) is 46.8 Å². The number of benzene rings is 2. The topological polar surface area (TPSA) is 75.0 Å². The van der Waals surface area contributed by atoms with E-state index in [-0.39, 0.29) is 0 Å². The Morgan fingerprint density at radius 1 is 1.04 bits per heavy atom. The number of aromatic nitrogens is 5. The van der Waals surface area contributed by atoms with Crippen LogP contribution in [-0.4, -0.2) is 31.8 Å². The molecule has 0 aliphatic heterocycles. The third-order valence-corrected chi connectivity index (χ3v) is 4.14. The number of nitrogens with zero attached hydrogens (tertiary/aromatic N) is 5. The lowest BCUT2D eigenvalue weighted by atomic mass is 10.3. The van der Waals surface area contributed by atoms with E-state index in [9.17, 15) is 0 Å². The zero-order chi connectivity index (χ0) is 16.2. The first-order valence-electron chi connectivity index (χ1n) is 7.27. The summed E-state index contributed by atoms with van der Waals surface area (Å²) >= 11 is 1.52. The molecule has 2 aromatic carbocycles. The predicted molar refractivity (Wildman–Crippen MR) is 88.3 cm³/mol. The Balaban J connectivity index is 1.36. The van der Waals surface area contributed by atoms with Gasteiger partial charge in [0.2, 0.25) is 6.33 Å². The molecule has 24 heavy (non-hydrogen) atoms. The molecular formula is C16H12N5O2S. The number of thiazole rings is 1. The van der Waals surface area contributed by atoms with E-state index in [1.807, 2.05) is 48.5 Å². The smallest absolute Gasteiger partial charge is 0.279 e. The quantitative estimate of drug-likeness (QED) is 0.538. The van der Waals surface area contributed by atoms with Crippen LogP contribution in [0.5, 0.6) is 16.7 Å². The van der Waals surface area contributed by atoms with Crippen LogP contribution in [0.25, 0.3) is 10.2 Å². The Morgan fingerprint density at radius 2 is 1.88 bits per heavy atom. The van der Waals surface area contributed by atoms with E-state index in [0.29, 0.717) is 18.3 Å². The molecule has 0 unspecified atom stereocenters. The summed E-state index contributed by atoms with van der Waals surface area (Å²) in [5.41, 5.74) is 0.942. The monoisotopic (exact) mass is 338 g/mol. The summed E-state index contributed by atoms with van der Waals surface area (Å²) in [5.74, 6) is 1.47. The predicted octanol–water partition coefficient (Wildman–Crippen LogP) is 2.95. The highest BCUT2D eigenvalue weighted by atomic mass is 32.1. The van der Waals surface area contributed by atoms with Crippen LogP contribution in [0.3, 0.4) is 0 Å². The standard InChI is InChI=1S/C16H12N5O2S/c1-2-4-15-14(3-1)18-16(24-15)23-13-7-5-12(6-8-13)22-10-9-21-11-17-19-20-21/h1-8H,9-10H2. The van der Waals surface area contributed by atoms with Gasteiger partial charge in [-0.2, -0.15) is 0 Å². The van der Waals surface area contributed by atoms with Crippen molar-refractivity contribution in [3.63, 3.8) is 0 Å². The van der Waals surface area contributed by atoms with E-state index >= 15 is 0 Å². The summed E-state index contributed by atoms with van der Waals surface area (Å²) in [7, 11) is 0. The minimum atomic E-state index is 0.458. The molecular weight excluding hydrogens is 326 g/mol. The van der Waals surface area contributed by atoms with Crippen molar-refractivity contribution < 1.29 is 9.47 Å². The van der Waals surface area contributed by atoms with Crippen molar-refractivity contribution in [1.29, 1.82) is 0 Å². The van der Waals surface area contributed by atoms with Crippen LogP contribution >= 0.6 is 11.3 Å². The molecule has 4 aromatic rings. The number of hydrogen-bond acceptors (Lipinski definition) is 7. The fraction of sp³-hybridized carbons (Fsp3) is 0.125. The number of hydrogen-bond donors (Lipinski definition) is 0. The van der Waals surface area contributed by atoms with Gasteiger partial charge in [0.15, 0.2) is 0 Å². The zero-order valence-electron chi connectivity index (χ0n) is 12.5. The summed E-state index contributed by atoms with van der Waals surface area (Å²) < 4.78 is 14.0. The van der Waals surface area contributed by atoms with Crippen molar-refractivity contribution in [1.82, 2.24) is 25.2 Å². The summed E-state index contributed by atoms with van der Waals surface area (Å²) in [5, 5.41) is 11.3. The van der Waals surface area contributed by atoms with E-state index < -0.39 is 0 Å². The van der Waals surface area contributed by atoms with Crippen LogP contribution in [-0.2, 0) is 6.54 Å². The second-order valence-electron chi connectivity index (χ2n) is 4.87. The van der Waals surface area contributed by atoms with E-state index in [0.717, 1.165) is 21.7 Å². The molecule has 1 radical (unpaired) electrons. The Hall–Kier alpha value is -3.00. The first kappa shape index (κ1) is 14.6. The van der Waals surface area contributed by atoms with Gasteiger partial charge in [-0.1, -0.05) is 23.5 Å².